The molecule has 20 heavy (non-hydrogen) atoms. The van der Waals surface area contributed by atoms with Crippen LogP contribution in [-0.2, 0) is 9.53 Å². The summed E-state index contributed by atoms with van der Waals surface area (Å²) in [4.78, 5) is 26.9. The number of ether oxygens (including phenoxy) is 1. The number of aryl methyl sites for hydroxylation is 1. The molecule has 6 heteroatoms. The van der Waals surface area contributed by atoms with E-state index in [1.807, 2.05) is 13.0 Å². The smallest absolute Gasteiger partial charge is 0.408 e. The van der Waals surface area contributed by atoms with Crippen LogP contribution in [-0.4, -0.2) is 27.8 Å². The van der Waals surface area contributed by atoms with Crippen LogP contribution in [0.4, 0.5) is 4.79 Å². The number of alkyl carbamates (subject to hydrolysis) is 1. The molecular formula is C14H20N2O4. The second-order valence-electron chi connectivity index (χ2n) is 5.50. The van der Waals surface area contributed by atoms with E-state index in [9.17, 15) is 9.59 Å². The zero-order valence-corrected chi connectivity index (χ0v) is 12.1. The van der Waals surface area contributed by atoms with Crippen LogP contribution in [0, 0.1) is 6.92 Å². The van der Waals surface area contributed by atoms with Gasteiger partial charge in [-0.2, -0.15) is 0 Å². The summed E-state index contributed by atoms with van der Waals surface area (Å²) in [5.74, 6) is -1.02. The lowest BCUT2D eigenvalue weighted by molar-refractivity contribution is -0.137. The van der Waals surface area contributed by atoms with E-state index >= 15 is 0 Å². The quantitative estimate of drug-likeness (QED) is 0.884. The molecule has 1 aromatic rings. The van der Waals surface area contributed by atoms with Gasteiger partial charge in [0.1, 0.15) is 5.60 Å². The molecule has 0 radical (unpaired) electrons. The van der Waals surface area contributed by atoms with Gasteiger partial charge in [0.25, 0.3) is 0 Å². The van der Waals surface area contributed by atoms with Gasteiger partial charge < -0.3 is 15.2 Å². The highest BCUT2D eigenvalue weighted by atomic mass is 16.6. The maximum absolute atomic E-state index is 11.8. The van der Waals surface area contributed by atoms with Crippen molar-refractivity contribution in [2.75, 3.05) is 0 Å². The number of hydrogen-bond donors (Lipinski definition) is 2. The molecule has 1 atom stereocenters. The number of pyridine rings is 1. The van der Waals surface area contributed by atoms with Gasteiger partial charge in [-0.05, 0) is 39.3 Å². The minimum Gasteiger partial charge on any atom is -0.481 e. The summed E-state index contributed by atoms with van der Waals surface area (Å²) in [5, 5.41) is 11.5. The number of hydrogen-bond acceptors (Lipinski definition) is 4. The zero-order valence-electron chi connectivity index (χ0n) is 12.1. The summed E-state index contributed by atoms with van der Waals surface area (Å²) in [7, 11) is 0. The normalized spacial score (nSPS) is 12.6. The lowest BCUT2D eigenvalue weighted by Gasteiger charge is -2.23. The molecular weight excluding hydrogens is 260 g/mol. The van der Waals surface area contributed by atoms with E-state index in [-0.39, 0.29) is 6.42 Å². The number of carboxylic acids is 1. The van der Waals surface area contributed by atoms with Gasteiger partial charge in [-0.15, -0.1) is 0 Å². The van der Waals surface area contributed by atoms with Gasteiger partial charge in [0.05, 0.1) is 18.2 Å². The van der Waals surface area contributed by atoms with Crippen molar-refractivity contribution in [1.82, 2.24) is 10.3 Å². The van der Waals surface area contributed by atoms with Gasteiger partial charge in [0.2, 0.25) is 0 Å². The highest BCUT2D eigenvalue weighted by molar-refractivity contribution is 5.72. The summed E-state index contributed by atoms with van der Waals surface area (Å²) in [6.45, 7) is 7.04. The van der Waals surface area contributed by atoms with E-state index in [2.05, 4.69) is 10.3 Å². The van der Waals surface area contributed by atoms with E-state index in [1.54, 1.807) is 33.0 Å². The molecule has 0 saturated carbocycles. The van der Waals surface area contributed by atoms with Crippen LogP contribution < -0.4 is 5.32 Å². The Morgan fingerprint density at radius 1 is 1.45 bits per heavy atom. The van der Waals surface area contributed by atoms with E-state index in [0.29, 0.717) is 5.69 Å². The summed E-state index contributed by atoms with van der Waals surface area (Å²) in [5.41, 5.74) is 0.701. The minimum atomic E-state index is -1.02. The van der Waals surface area contributed by atoms with Crippen LogP contribution in [0.15, 0.2) is 18.3 Å². The van der Waals surface area contributed by atoms with Crippen LogP contribution >= 0.6 is 0 Å². The van der Waals surface area contributed by atoms with E-state index in [4.69, 9.17) is 9.84 Å². The van der Waals surface area contributed by atoms with Crippen LogP contribution in [0.1, 0.15) is 44.5 Å². The van der Waals surface area contributed by atoms with Crippen molar-refractivity contribution in [2.24, 2.45) is 0 Å². The number of aliphatic carboxylic acids is 1. The van der Waals surface area contributed by atoms with Gasteiger partial charge in [-0.3, -0.25) is 9.78 Å². The Hall–Kier alpha value is -2.11. The third-order valence-electron chi connectivity index (χ3n) is 2.45. The first-order valence-corrected chi connectivity index (χ1v) is 6.32. The second kappa shape index (κ2) is 6.36. The average molecular weight is 280 g/mol. The van der Waals surface area contributed by atoms with Crippen LogP contribution in [0.5, 0.6) is 0 Å². The molecule has 0 aliphatic heterocycles. The predicted octanol–water partition coefficient (Wildman–Crippen LogP) is 2.43. The molecule has 0 aliphatic rings. The van der Waals surface area contributed by atoms with Crippen molar-refractivity contribution in [3.63, 3.8) is 0 Å². The molecule has 0 aliphatic carbocycles. The number of nitrogens with zero attached hydrogens (tertiary/aromatic N) is 1. The number of carbonyl (C=O) groups is 2. The fraction of sp³-hybridized carbons (Fsp3) is 0.500. The third kappa shape index (κ3) is 5.26. The lowest BCUT2D eigenvalue weighted by Crippen LogP contribution is -2.36. The molecule has 1 unspecified atom stereocenters. The standard InChI is InChI=1S/C14H20N2O4/c1-9-6-5-7-15-12(9)10(8-11(17)18)16-13(19)20-14(2,3)4/h5-7,10H,8H2,1-4H3,(H,16,19)(H,17,18). The van der Waals surface area contributed by atoms with Crippen molar-refractivity contribution in [2.45, 2.75) is 45.8 Å². The molecule has 0 aromatic carbocycles. The molecule has 1 amide bonds. The molecule has 6 nitrogen and oxygen atoms in total. The molecule has 0 spiro atoms. The zero-order chi connectivity index (χ0) is 15.3. The molecule has 0 saturated heterocycles. The Bertz CT molecular complexity index is 494. The van der Waals surface area contributed by atoms with Gasteiger partial charge in [-0.1, -0.05) is 6.07 Å². The Balaban J connectivity index is 2.88. The van der Waals surface area contributed by atoms with E-state index in [1.165, 1.54) is 0 Å². The number of carboxylic acid groups (broad SMARTS) is 1. The predicted molar refractivity (Wildman–Crippen MR) is 73.3 cm³/mol. The van der Waals surface area contributed by atoms with Gasteiger partial charge in [0.15, 0.2) is 0 Å². The van der Waals surface area contributed by atoms with Crippen molar-refractivity contribution >= 4 is 12.1 Å². The molecule has 110 valence electrons. The first-order chi connectivity index (χ1) is 9.19. The fourth-order valence-corrected chi connectivity index (χ4v) is 1.70. The van der Waals surface area contributed by atoms with Gasteiger partial charge in [-0.25, -0.2) is 4.79 Å². The highest BCUT2D eigenvalue weighted by Gasteiger charge is 2.24. The van der Waals surface area contributed by atoms with Crippen molar-refractivity contribution in [3.05, 3.63) is 29.6 Å². The van der Waals surface area contributed by atoms with Gasteiger partial charge >= 0.3 is 12.1 Å². The van der Waals surface area contributed by atoms with Crippen molar-refractivity contribution in [3.8, 4) is 0 Å². The molecule has 1 aromatic heterocycles. The van der Waals surface area contributed by atoms with E-state index < -0.39 is 23.7 Å². The number of rotatable bonds is 4. The number of amides is 1. The largest absolute Gasteiger partial charge is 0.481 e. The summed E-state index contributed by atoms with van der Waals surface area (Å²) >= 11 is 0. The first-order valence-electron chi connectivity index (χ1n) is 6.32. The second-order valence-corrected chi connectivity index (χ2v) is 5.50. The summed E-state index contributed by atoms with van der Waals surface area (Å²) in [6.07, 6.45) is 0.652. The lowest BCUT2D eigenvalue weighted by atomic mass is 10.1. The minimum absolute atomic E-state index is 0.253. The summed E-state index contributed by atoms with van der Waals surface area (Å²) < 4.78 is 5.14. The average Bonchev–Trinajstić information content (AvgIpc) is 2.25. The first kappa shape index (κ1) is 15.9. The van der Waals surface area contributed by atoms with Crippen molar-refractivity contribution < 1.29 is 19.4 Å². The Morgan fingerprint density at radius 3 is 2.60 bits per heavy atom. The molecule has 2 N–H and O–H groups in total. The van der Waals surface area contributed by atoms with Crippen LogP contribution in [0.3, 0.4) is 0 Å². The number of aromatic nitrogens is 1. The number of nitrogens with one attached hydrogen (secondary N) is 1. The maximum Gasteiger partial charge on any atom is 0.408 e. The molecule has 1 heterocycles. The molecule has 0 fully saturated rings. The molecule has 0 bridgehead atoms. The Morgan fingerprint density at radius 2 is 2.10 bits per heavy atom. The highest BCUT2D eigenvalue weighted by Crippen LogP contribution is 2.19. The number of carbonyl (C=O) groups excluding carboxylic acids is 1. The third-order valence-corrected chi connectivity index (χ3v) is 2.45. The maximum atomic E-state index is 11.8. The summed E-state index contributed by atoms with van der Waals surface area (Å²) in [6, 6.07) is 2.85. The Labute approximate surface area is 118 Å². The topological polar surface area (TPSA) is 88.5 Å². The molecule has 1 rings (SSSR count). The van der Waals surface area contributed by atoms with Crippen LogP contribution in [0.25, 0.3) is 0 Å². The monoisotopic (exact) mass is 280 g/mol. The Kier molecular flexibility index (Phi) is 5.07. The SMILES string of the molecule is Cc1cccnc1C(CC(=O)O)NC(=O)OC(C)(C)C. The van der Waals surface area contributed by atoms with Crippen LogP contribution in [0.2, 0.25) is 0 Å². The van der Waals surface area contributed by atoms with Gasteiger partial charge in [0, 0.05) is 6.20 Å². The van der Waals surface area contributed by atoms with E-state index in [0.717, 1.165) is 5.56 Å². The fourth-order valence-electron chi connectivity index (χ4n) is 1.70. The van der Waals surface area contributed by atoms with Crippen molar-refractivity contribution in [1.29, 1.82) is 0 Å².